The van der Waals surface area contributed by atoms with E-state index in [-0.39, 0.29) is 11.6 Å². The fraction of sp³-hybridized carbons (Fsp3) is 0.419. The van der Waals surface area contributed by atoms with E-state index >= 15 is 0 Å². The summed E-state index contributed by atoms with van der Waals surface area (Å²) >= 11 is 0. The number of aliphatic hydroxyl groups is 2. The van der Waals surface area contributed by atoms with Crippen LogP contribution in [0.25, 0.3) is 16.9 Å². The molecule has 44 heavy (non-hydrogen) atoms. The Labute approximate surface area is 251 Å². The number of ether oxygens (including phenoxy) is 1. The van der Waals surface area contributed by atoms with E-state index in [1.165, 1.54) is 6.33 Å². The van der Waals surface area contributed by atoms with Crippen molar-refractivity contribution in [3.63, 3.8) is 0 Å². The molecule has 0 saturated heterocycles. The first kappa shape index (κ1) is 30.0. The number of benzene rings is 2. The van der Waals surface area contributed by atoms with Crippen molar-refractivity contribution in [2.45, 2.75) is 76.5 Å². The number of aryl methyl sites for hydroxylation is 1. The van der Waals surface area contributed by atoms with Crippen molar-refractivity contribution in [3.8, 4) is 11.1 Å². The second-order valence-corrected chi connectivity index (χ2v) is 11.2. The zero-order chi connectivity index (χ0) is 30.8. The summed E-state index contributed by atoms with van der Waals surface area (Å²) in [6.45, 7) is 1.01. The van der Waals surface area contributed by atoms with Crippen LogP contribution in [0, 0.1) is 0 Å². The summed E-state index contributed by atoms with van der Waals surface area (Å²) in [5, 5.41) is 22.9. The lowest BCUT2D eigenvalue weighted by Crippen LogP contribution is -2.36. The fourth-order valence-corrected chi connectivity index (χ4v) is 6.11. The van der Waals surface area contributed by atoms with Gasteiger partial charge in [-0.3, -0.25) is 9.36 Å². The van der Waals surface area contributed by atoms with Crippen molar-refractivity contribution in [3.05, 3.63) is 87.6 Å². The van der Waals surface area contributed by atoms with Gasteiger partial charge in [0.05, 0.1) is 11.8 Å². The van der Waals surface area contributed by atoms with E-state index in [0.717, 1.165) is 34.4 Å². The van der Waals surface area contributed by atoms with Crippen LogP contribution in [-0.2, 0) is 22.4 Å². The number of aliphatic imine (C=N–C) groups is 1. The molecule has 0 radical (unpaired) electrons. The van der Waals surface area contributed by atoms with Crippen LogP contribution in [0.15, 0.2) is 64.6 Å². The SMILES string of the molecule is CCCc1c(Cc2ccc(-c3ccccc3C3=NC(O)ON3)cc2)c(=O)n(C2CCC(OCC(O)(F)F)CC2)c2ncnn12. The van der Waals surface area contributed by atoms with Gasteiger partial charge in [0.25, 0.3) is 12.0 Å². The van der Waals surface area contributed by atoms with Crippen molar-refractivity contribution < 1.29 is 28.6 Å². The number of aromatic nitrogens is 4. The number of rotatable bonds is 10. The maximum atomic E-state index is 14.2. The van der Waals surface area contributed by atoms with Crippen molar-refractivity contribution in [2.24, 2.45) is 4.99 Å². The molecule has 1 fully saturated rings. The quantitative estimate of drug-likeness (QED) is 0.248. The van der Waals surface area contributed by atoms with Gasteiger partial charge in [-0.2, -0.15) is 18.9 Å². The molecule has 1 unspecified atom stereocenters. The second kappa shape index (κ2) is 12.5. The molecular weight excluding hydrogens is 574 g/mol. The molecule has 1 saturated carbocycles. The molecule has 232 valence electrons. The molecule has 2 aromatic heterocycles. The average molecular weight is 609 g/mol. The van der Waals surface area contributed by atoms with Crippen molar-refractivity contribution >= 4 is 11.6 Å². The Morgan fingerprint density at radius 1 is 1.09 bits per heavy atom. The minimum absolute atomic E-state index is 0.126. The van der Waals surface area contributed by atoms with Gasteiger partial charge in [-0.25, -0.2) is 19.8 Å². The van der Waals surface area contributed by atoms with Crippen LogP contribution in [0.4, 0.5) is 8.78 Å². The Hall–Kier alpha value is -4.04. The molecule has 3 N–H and O–H groups in total. The van der Waals surface area contributed by atoms with Crippen LogP contribution in [0.5, 0.6) is 0 Å². The van der Waals surface area contributed by atoms with Gasteiger partial charge in [0.1, 0.15) is 12.9 Å². The Morgan fingerprint density at radius 2 is 1.82 bits per heavy atom. The van der Waals surface area contributed by atoms with Crippen LogP contribution in [0.1, 0.15) is 67.5 Å². The zero-order valence-electron chi connectivity index (χ0n) is 24.2. The number of hydroxylamine groups is 1. The number of aliphatic hydroxyl groups excluding tert-OH is 1. The number of alkyl halides is 2. The molecule has 4 aromatic rings. The van der Waals surface area contributed by atoms with Crippen molar-refractivity contribution in [1.29, 1.82) is 0 Å². The van der Waals surface area contributed by atoms with Crippen LogP contribution in [-0.4, -0.2) is 60.4 Å². The Morgan fingerprint density at radius 3 is 2.48 bits per heavy atom. The van der Waals surface area contributed by atoms with Gasteiger partial charge in [-0.1, -0.05) is 61.9 Å². The van der Waals surface area contributed by atoms with E-state index in [9.17, 15) is 18.7 Å². The maximum absolute atomic E-state index is 14.2. The lowest BCUT2D eigenvalue weighted by Gasteiger charge is -2.31. The summed E-state index contributed by atoms with van der Waals surface area (Å²) in [4.78, 5) is 27.7. The summed E-state index contributed by atoms with van der Waals surface area (Å²) in [6.07, 6.45) is -0.169. The van der Waals surface area contributed by atoms with Gasteiger partial charge in [-0.15, -0.1) is 0 Å². The molecule has 0 bridgehead atoms. The predicted molar refractivity (Wildman–Crippen MR) is 157 cm³/mol. The first-order chi connectivity index (χ1) is 21.2. The van der Waals surface area contributed by atoms with Crippen molar-refractivity contribution in [2.75, 3.05) is 6.61 Å². The Kier molecular flexibility index (Phi) is 8.54. The average Bonchev–Trinajstić information content (AvgIpc) is 3.68. The van der Waals surface area contributed by atoms with Crippen LogP contribution < -0.4 is 11.0 Å². The van der Waals surface area contributed by atoms with Gasteiger partial charge < -0.3 is 14.9 Å². The minimum Gasteiger partial charge on any atom is -0.369 e. The molecule has 1 aliphatic heterocycles. The normalized spacial score (nSPS) is 20.6. The van der Waals surface area contributed by atoms with E-state index in [1.807, 2.05) is 48.5 Å². The number of fused-ring (bicyclic) bond motifs is 1. The number of halogens is 2. The number of hydrogen-bond donors (Lipinski definition) is 3. The Balaban J connectivity index is 1.29. The van der Waals surface area contributed by atoms with Crippen molar-refractivity contribution in [1.82, 2.24) is 24.6 Å². The molecule has 13 heteroatoms. The van der Waals surface area contributed by atoms with E-state index in [4.69, 9.17) is 14.7 Å². The van der Waals surface area contributed by atoms with E-state index in [0.29, 0.717) is 55.7 Å². The first-order valence-corrected chi connectivity index (χ1v) is 14.8. The molecule has 2 aliphatic rings. The number of amidine groups is 1. The highest BCUT2D eigenvalue weighted by Gasteiger charge is 2.31. The monoisotopic (exact) mass is 608 g/mol. The highest BCUT2D eigenvalue weighted by atomic mass is 19.3. The molecule has 3 heterocycles. The molecule has 11 nitrogen and oxygen atoms in total. The Bertz CT molecular complexity index is 1710. The molecule has 1 atom stereocenters. The van der Waals surface area contributed by atoms with Crippen LogP contribution in [0.2, 0.25) is 0 Å². The topological polar surface area (TPSA) is 136 Å². The van der Waals surface area contributed by atoms with Gasteiger partial charge in [0.2, 0.25) is 5.78 Å². The first-order valence-electron chi connectivity index (χ1n) is 14.8. The molecule has 0 amide bonds. The summed E-state index contributed by atoms with van der Waals surface area (Å²) in [7, 11) is 0. The lowest BCUT2D eigenvalue weighted by atomic mass is 9.92. The zero-order valence-corrected chi connectivity index (χ0v) is 24.2. The second-order valence-electron chi connectivity index (χ2n) is 11.2. The summed E-state index contributed by atoms with van der Waals surface area (Å²) in [5.74, 6) is 0.910. The minimum atomic E-state index is -3.87. The largest absolute Gasteiger partial charge is 0.376 e. The summed E-state index contributed by atoms with van der Waals surface area (Å²) in [5.41, 5.74) is 7.58. The number of nitrogens with one attached hydrogen (secondary N) is 1. The van der Waals surface area contributed by atoms with E-state index < -0.39 is 25.2 Å². The van der Waals surface area contributed by atoms with Gasteiger partial charge in [0.15, 0.2) is 5.84 Å². The maximum Gasteiger partial charge on any atom is 0.376 e. The highest BCUT2D eigenvalue weighted by Crippen LogP contribution is 2.32. The molecule has 2 aromatic carbocycles. The van der Waals surface area contributed by atoms with Crippen LogP contribution >= 0.6 is 0 Å². The predicted octanol–water partition coefficient (Wildman–Crippen LogP) is 3.74. The molecule has 0 spiro atoms. The van der Waals surface area contributed by atoms with E-state index in [1.54, 1.807) is 9.08 Å². The van der Waals surface area contributed by atoms with Gasteiger partial charge in [-0.05, 0) is 48.8 Å². The van der Waals surface area contributed by atoms with Gasteiger partial charge >= 0.3 is 6.11 Å². The summed E-state index contributed by atoms with van der Waals surface area (Å²) in [6, 6.07) is 15.4. The highest BCUT2D eigenvalue weighted by molar-refractivity contribution is 6.04. The molecule has 1 aliphatic carbocycles. The van der Waals surface area contributed by atoms with Crippen LogP contribution in [0.3, 0.4) is 0 Å². The smallest absolute Gasteiger partial charge is 0.369 e. The van der Waals surface area contributed by atoms with E-state index in [2.05, 4.69) is 27.5 Å². The molecule has 6 rings (SSSR count). The number of nitrogens with zero attached hydrogens (tertiary/aromatic N) is 5. The third-order valence-corrected chi connectivity index (χ3v) is 8.14. The summed E-state index contributed by atoms with van der Waals surface area (Å²) < 4.78 is 34.5. The fourth-order valence-electron chi connectivity index (χ4n) is 6.11. The standard InChI is InChI=1S/C31H34F2N6O5/c1-2-5-26-25(16-19-8-10-20(11-9-19)23-6-3-4-7-24(23)27-36-30(41)44-37-27)28(40)38(29-34-18-35-39(26)29)21-12-14-22(15-13-21)43-17-31(32,33)42/h3-4,6-11,18,21-22,30,41-42H,2,5,12-17H2,1H3,(H,36,37). The number of hydrogen-bond acceptors (Lipinski definition) is 9. The molecular formula is C31H34F2N6O5. The third kappa shape index (κ3) is 6.27. The third-order valence-electron chi connectivity index (χ3n) is 8.14. The lowest BCUT2D eigenvalue weighted by molar-refractivity contribution is -0.240. The van der Waals surface area contributed by atoms with Gasteiger partial charge in [0, 0.05) is 23.6 Å².